The van der Waals surface area contributed by atoms with Crippen LogP contribution in [0.4, 0.5) is 0 Å². The molecule has 0 saturated heterocycles. The molecule has 112 heavy (non-hydrogen) atoms. The largest absolute Gasteiger partial charge is 0.472 e. The van der Waals surface area contributed by atoms with Gasteiger partial charge in [-0.05, 0) is 43.4 Å². The van der Waals surface area contributed by atoms with E-state index < -0.39 is 97.5 Å². The Kier molecular flexibility index (Phi) is 81.3. The Morgan fingerprint density at radius 3 is 0.607 bits per heavy atom. The first-order valence-corrected chi connectivity index (χ1v) is 50.8. The average Bonchev–Trinajstić information content (AvgIpc) is 0.898. The van der Waals surface area contributed by atoms with E-state index >= 15 is 0 Å². The molecular weight excluding hydrogens is 1450 g/mol. The van der Waals surface area contributed by atoms with E-state index in [2.05, 4.69) is 48.5 Å². The van der Waals surface area contributed by atoms with Crippen molar-refractivity contribution in [3.8, 4) is 0 Å². The van der Waals surface area contributed by atoms with Gasteiger partial charge in [0.2, 0.25) is 0 Å². The van der Waals surface area contributed by atoms with Gasteiger partial charge in [-0.1, -0.05) is 447 Å². The minimum absolute atomic E-state index is 0.108. The molecule has 0 aromatic heterocycles. The molecule has 0 bridgehead atoms. The van der Waals surface area contributed by atoms with Gasteiger partial charge in [-0.2, -0.15) is 0 Å². The molecular formula is C93H182O17P2. The van der Waals surface area contributed by atoms with Crippen LogP contribution in [0.15, 0.2) is 0 Å². The Bertz CT molecular complexity index is 2150. The van der Waals surface area contributed by atoms with Crippen LogP contribution in [0, 0.1) is 17.8 Å². The van der Waals surface area contributed by atoms with Gasteiger partial charge in [0.15, 0.2) is 12.2 Å². The van der Waals surface area contributed by atoms with Crippen LogP contribution < -0.4 is 0 Å². The highest BCUT2D eigenvalue weighted by Gasteiger charge is 2.31. The number of hydrogen-bond acceptors (Lipinski definition) is 15. The highest BCUT2D eigenvalue weighted by atomic mass is 31.2. The molecule has 0 rings (SSSR count). The lowest BCUT2D eigenvalue weighted by Gasteiger charge is -2.21. The zero-order chi connectivity index (χ0) is 82.2. The third-order valence-corrected chi connectivity index (χ3v) is 23.8. The summed E-state index contributed by atoms with van der Waals surface area (Å²) in [5.41, 5.74) is 0. The fourth-order valence-electron chi connectivity index (χ4n) is 14.6. The zero-order valence-corrected chi connectivity index (χ0v) is 75.9. The van der Waals surface area contributed by atoms with Crippen LogP contribution in [0.3, 0.4) is 0 Å². The van der Waals surface area contributed by atoms with Crippen molar-refractivity contribution in [2.45, 2.75) is 516 Å². The third kappa shape index (κ3) is 85.9. The van der Waals surface area contributed by atoms with Crippen molar-refractivity contribution in [1.29, 1.82) is 0 Å². The maximum atomic E-state index is 13.2. The van der Waals surface area contributed by atoms with Crippen LogP contribution in [-0.4, -0.2) is 96.7 Å². The summed E-state index contributed by atoms with van der Waals surface area (Å²) in [7, 11) is -9.94. The van der Waals surface area contributed by atoms with Crippen LogP contribution >= 0.6 is 15.6 Å². The summed E-state index contributed by atoms with van der Waals surface area (Å²) in [6, 6.07) is 0. The number of esters is 4. The number of aliphatic hydroxyl groups is 1. The van der Waals surface area contributed by atoms with Gasteiger partial charge >= 0.3 is 39.5 Å². The number of phosphoric acid groups is 2. The summed E-state index contributed by atoms with van der Waals surface area (Å²) in [5, 5.41) is 10.7. The molecule has 0 aromatic carbocycles. The van der Waals surface area contributed by atoms with E-state index in [9.17, 15) is 43.2 Å². The Labute approximate surface area is 689 Å². The lowest BCUT2D eigenvalue weighted by molar-refractivity contribution is -0.161. The van der Waals surface area contributed by atoms with E-state index in [0.717, 1.165) is 108 Å². The summed E-state index contributed by atoms with van der Waals surface area (Å²) in [5.74, 6) is 0.270. The molecule has 2 unspecified atom stereocenters. The standard InChI is InChI=1S/C93H182O17P2/c1-8-9-10-11-12-13-14-15-16-17-18-19-20-24-29-34-39-46-53-60-67-74-90(95)103-80-88(109-92(97)76-69-62-55-47-40-35-30-25-22-21-23-27-32-37-43-50-57-64-71-84(2)3)82-107-111(99,100)105-78-87(94)79-106-112(101,102)108-83-89(81-104-91(96)75-68-61-54-49-42-45-52-59-66-73-86(6)7)110-93(98)77-70-63-56-48-41-36-31-26-28-33-38-44-51-58-65-72-85(4)5/h84-89,94H,8-83H2,1-7H3,(H,99,100)(H,101,102)/t87-,88-,89-/m1/s1. The second-order valence-corrected chi connectivity index (χ2v) is 37.7. The van der Waals surface area contributed by atoms with Gasteiger partial charge in [-0.25, -0.2) is 9.13 Å². The molecule has 17 nitrogen and oxygen atoms in total. The highest BCUT2D eigenvalue weighted by molar-refractivity contribution is 7.47. The summed E-state index contributed by atoms with van der Waals surface area (Å²) in [4.78, 5) is 73.5. The topological polar surface area (TPSA) is 237 Å². The Morgan fingerprint density at radius 2 is 0.411 bits per heavy atom. The smallest absolute Gasteiger partial charge is 0.462 e. The van der Waals surface area contributed by atoms with Crippen LogP contribution in [0.2, 0.25) is 0 Å². The van der Waals surface area contributed by atoms with E-state index in [1.54, 1.807) is 0 Å². The Morgan fingerprint density at radius 1 is 0.241 bits per heavy atom. The lowest BCUT2D eigenvalue weighted by Crippen LogP contribution is -2.30. The molecule has 0 aliphatic heterocycles. The van der Waals surface area contributed by atoms with E-state index in [-0.39, 0.29) is 25.7 Å². The number of ether oxygens (including phenoxy) is 4. The summed E-state index contributed by atoms with van der Waals surface area (Å²) >= 11 is 0. The van der Waals surface area contributed by atoms with Crippen molar-refractivity contribution in [2.24, 2.45) is 17.8 Å². The molecule has 0 spiro atoms. The minimum Gasteiger partial charge on any atom is -0.462 e. The Hall–Kier alpha value is -1.94. The normalized spacial score (nSPS) is 13.8. The number of carbonyl (C=O) groups excluding carboxylic acids is 4. The van der Waals surface area contributed by atoms with Crippen molar-refractivity contribution < 1.29 is 80.2 Å². The molecule has 19 heteroatoms. The van der Waals surface area contributed by atoms with Crippen LogP contribution in [0.1, 0.15) is 498 Å². The van der Waals surface area contributed by atoms with Crippen molar-refractivity contribution in [1.82, 2.24) is 0 Å². The van der Waals surface area contributed by atoms with Gasteiger partial charge in [0.05, 0.1) is 26.4 Å². The predicted octanol–water partition coefficient (Wildman–Crippen LogP) is 28.8. The first-order chi connectivity index (χ1) is 54.2. The number of rotatable bonds is 91. The van der Waals surface area contributed by atoms with Crippen molar-refractivity contribution in [2.75, 3.05) is 39.6 Å². The second kappa shape index (κ2) is 82.7. The van der Waals surface area contributed by atoms with Crippen LogP contribution in [0.25, 0.3) is 0 Å². The van der Waals surface area contributed by atoms with Gasteiger partial charge in [0.1, 0.15) is 19.3 Å². The number of aliphatic hydroxyl groups excluding tert-OH is 1. The molecule has 0 fully saturated rings. The van der Waals surface area contributed by atoms with Crippen molar-refractivity contribution in [3.63, 3.8) is 0 Å². The van der Waals surface area contributed by atoms with E-state index in [1.807, 2.05) is 0 Å². The van der Waals surface area contributed by atoms with Gasteiger partial charge < -0.3 is 33.8 Å². The number of phosphoric ester groups is 2. The number of carbonyl (C=O) groups is 4. The Balaban J connectivity index is 5.24. The zero-order valence-electron chi connectivity index (χ0n) is 74.2. The maximum Gasteiger partial charge on any atom is 0.472 e. The molecule has 5 atom stereocenters. The fraction of sp³-hybridized carbons (Fsp3) is 0.957. The van der Waals surface area contributed by atoms with E-state index in [4.69, 9.17) is 37.0 Å². The quantitative estimate of drug-likeness (QED) is 0.0222. The molecule has 0 aromatic rings. The number of hydrogen-bond donors (Lipinski definition) is 3. The molecule has 0 saturated carbocycles. The summed E-state index contributed by atoms with van der Waals surface area (Å²) in [6.45, 7) is 12.1. The molecule has 0 radical (unpaired) electrons. The maximum absolute atomic E-state index is 13.2. The van der Waals surface area contributed by atoms with Crippen molar-refractivity contribution in [3.05, 3.63) is 0 Å². The third-order valence-electron chi connectivity index (χ3n) is 21.9. The molecule has 0 aliphatic carbocycles. The lowest BCUT2D eigenvalue weighted by atomic mass is 10.0. The monoisotopic (exact) mass is 1630 g/mol. The fourth-order valence-corrected chi connectivity index (χ4v) is 16.2. The van der Waals surface area contributed by atoms with Gasteiger partial charge in [-0.15, -0.1) is 0 Å². The van der Waals surface area contributed by atoms with Crippen LogP contribution in [0.5, 0.6) is 0 Å². The van der Waals surface area contributed by atoms with Crippen LogP contribution in [-0.2, 0) is 65.4 Å². The van der Waals surface area contributed by atoms with Gasteiger partial charge in [0, 0.05) is 25.7 Å². The van der Waals surface area contributed by atoms with Crippen molar-refractivity contribution >= 4 is 39.5 Å². The molecule has 0 heterocycles. The van der Waals surface area contributed by atoms with Gasteiger partial charge in [0.25, 0.3) is 0 Å². The molecule has 666 valence electrons. The average molecular weight is 1630 g/mol. The first kappa shape index (κ1) is 110. The van der Waals surface area contributed by atoms with Gasteiger partial charge in [-0.3, -0.25) is 37.3 Å². The number of unbranched alkanes of at least 4 members (excludes halogenated alkanes) is 59. The molecule has 0 amide bonds. The highest BCUT2D eigenvalue weighted by Crippen LogP contribution is 2.45. The molecule has 3 N–H and O–H groups in total. The summed E-state index contributed by atoms with van der Waals surface area (Å²) < 4.78 is 69.1. The molecule has 0 aliphatic rings. The van der Waals surface area contributed by atoms with E-state index in [1.165, 1.54) is 308 Å². The second-order valence-electron chi connectivity index (χ2n) is 34.8. The SMILES string of the molecule is CCCCCCCCCCCCCCCCCCCCCCCC(=O)OC[C@H](COP(=O)(O)OC[C@@H](O)COP(=O)(O)OC[C@@H](COC(=O)CCCCCCCCCCCC(C)C)OC(=O)CCCCCCCCCCCCCCCCCC(C)C)OC(=O)CCCCCCCCCCCCCCCCCCCCC(C)C. The first-order valence-electron chi connectivity index (χ1n) is 47.8. The predicted molar refractivity (Wildman–Crippen MR) is 465 cm³/mol. The minimum atomic E-state index is -4.97. The van der Waals surface area contributed by atoms with E-state index in [0.29, 0.717) is 25.7 Å². The summed E-state index contributed by atoms with van der Waals surface area (Å²) in [6.07, 6.45) is 76.5.